The smallest absolute Gasteiger partial charge is 0.255 e. The maximum Gasteiger partial charge on any atom is 0.255 e. The van der Waals surface area contributed by atoms with Gasteiger partial charge in [0.05, 0.1) is 29.7 Å². The fraction of sp³-hybridized carbons (Fsp3) is 0.143. The highest BCUT2D eigenvalue weighted by molar-refractivity contribution is 9.10. The van der Waals surface area contributed by atoms with Crippen LogP contribution in [-0.4, -0.2) is 22.2 Å². The van der Waals surface area contributed by atoms with Crippen molar-refractivity contribution in [2.45, 2.75) is 6.92 Å². The lowest BCUT2D eigenvalue weighted by Crippen LogP contribution is -2.23. The molecular weight excluding hydrogens is 306 g/mol. The molecule has 0 aliphatic carbocycles. The van der Waals surface area contributed by atoms with Crippen molar-refractivity contribution in [2.24, 2.45) is 0 Å². The Morgan fingerprint density at radius 1 is 1.47 bits per heavy atom. The normalized spacial score (nSPS) is 9.95. The van der Waals surface area contributed by atoms with Gasteiger partial charge in [-0.05, 0) is 31.2 Å². The molecule has 2 aromatic rings. The molecule has 1 heterocycles. The van der Waals surface area contributed by atoms with E-state index in [2.05, 4.69) is 32.3 Å². The first kappa shape index (κ1) is 13.4. The molecular formula is C14H12BrN3O. The first-order valence-corrected chi connectivity index (χ1v) is 6.45. The number of halogens is 1. The molecule has 0 bridgehead atoms. The molecule has 0 atom stereocenters. The molecule has 1 aromatic carbocycles. The van der Waals surface area contributed by atoms with Crippen molar-refractivity contribution in [3.63, 3.8) is 0 Å². The summed E-state index contributed by atoms with van der Waals surface area (Å²) in [6.45, 7) is 2.06. The lowest BCUT2D eigenvalue weighted by molar-refractivity contribution is 0.0958. The summed E-state index contributed by atoms with van der Waals surface area (Å²) in [6.07, 6.45) is 6.66. The van der Waals surface area contributed by atoms with E-state index in [1.54, 1.807) is 10.9 Å². The maximum absolute atomic E-state index is 11.9. The van der Waals surface area contributed by atoms with Crippen molar-refractivity contribution in [3.05, 3.63) is 46.2 Å². The molecule has 0 spiro atoms. The SMILES string of the molecule is C#CCNC(=O)c1cnn(-c2ccc(Br)cc2)c1C. The summed E-state index contributed by atoms with van der Waals surface area (Å²) in [5, 5.41) is 6.86. The third kappa shape index (κ3) is 2.85. The number of hydrogen-bond acceptors (Lipinski definition) is 2. The van der Waals surface area contributed by atoms with Gasteiger partial charge in [-0.25, -0.2) is 4.68 Å². The van der Waals surface area contributed by atoms with Gasteiger partial charge in [-0.1, -0.05) is 21.9 Å². The van der Waals surface area contributed by atoms with Gasteiger partial charge in [0.1, 0.15) is 0 Å². The summed E-state index contributed by atoms with van der Waals surface area (Å²) < 4.78 is 2.71. The van der Waals surface area contributed by atoms with Crippen molar-refractivity contribution >= 4 is 21.8 Å². The Balaban J connectivity index is 2.30. The van der Waals surface area contributed by atoms with E-state index < -0.39 is 0 Å². The first-order chi connectivity index (χ1) is 9.13. The van der Waals surface area contributed by atoms with Crippen LogP contribution in [0.15, 0.2) is 34.9 Å². The quantitative estimate of drug-likeness (QED) is 0.883. The Hall–Kier alpha value is -2.06. The molecule has 0 fully saturated rings. The number of carbonyl (C=O) groups is 1. The molecule has 1 aromatic heterocycles. The topological polar surface area (TPSA) is 46.9 Å². The summed E-state index contributed by atoms with van der Waals surface area (Å²) in [7, 11) is 0. The second-order valence-electron chi connectivity index (χ2n) is 3.92. The number of hydrogen-bond donors (Lipinski definition) is 1. The van der Waals surface area contributed by atoms with E-state index in [-0.39, 0.29) is 12.5 Å². The van der Waals surface area contributed by atoms with Gasteiger partial charge in [0.2, 0.25) is 0 Å². The van der Waals surface area contributed by atoms with Crippen molar-refractivity contribution in [3.8, 4) is 18.0 Å². The number of terminal acetylenes is 1. The van der Waals surface area contributed by atoms with E-state index in [0.717, 1.165) is 15.9 Å². The largest absolute Gasteiger partial charge is 0.341 e. The van der Waals surface area contributed by atoms with Gasteiger partial charge in [-0.3, -0.25) is 4.79 Å². The minimum absolute atomic E-state index is 0.209. The zero-order valence-electron chi connectivity index (χ0n) is 10.4. The van der Waals surface area contributed by atoms with Crippen molar-refractivity contribution in [2.75, 3.05) is 6.54 Å². The van der Waals surface area contributed by atoms with Gasteiger partial charge in [-0.15, -0.1) is 6.42 Å². The molecule has 96 valence electrons. The Labute approximate surface area is 119 Å². The van der Waals surface area contributed by atoms with Crippen LogP contribution in [0.25, 0.3) is 5.69 Å². The Bertz CT molecular complexity index is 638. The van der Waals surface area contributed by atoms with Crippen LogP contribution in [0.5, 0.6) is 0 Å². The van der Waals surface area contributed by atoms with Crippen molar-refractivity contribution in [1.29, 1.82) is 0 Å². The number of amides is 1. The van der Waals surface area contributed by atoms with Gasteiger partial charge >= 0.3 is 0 Å². The summed E-state index contributed by atoms with van der Waals surface area (Å²) in [5.41, 5.74) is 2.20. The van der Waals surface area contributed by atoms with Crippen LogP contribution in [0.4, 0.5) is 0 Å². The molecule has 0 aliphatic rings. The molecule has 0 saturated heterocycles. The molecule has 1 N–H and O–H groups in total. The number of benzene rings is 1. The molecule has 0 unspecified atom stereocenters. The summed E-state index contributed by atoms with van der Waals surface area (Å²) in [5.74, 6) is 2.16. The van der Waals surface area contributed by atoms with Crippen LogP contribution in [0.1, 0.15) is 16.1 Å². The van der Waals surface area contributed by atoms with Gasteiger partial charge < -0.3 is 5.32 Å². The molecule has 19 heavy (non-hydrogen) atoms. The summed E-state index contributed by atoms with van der Waals surface area (Å²) in [4.78, 5) is 11.9. The lowest BCUT2D eigenvalue weighted by Gasteiger charge is -2.05. The fourth-order valence-corrected chi connectivity index (χ4v) is 1.97. The van der Waals surface area contributed by atoms with E-state index >= 15 is 0 Å². The molecule has 0 radical (unpaired) electrons. The zero-order valence-corrected chi connectivity index (χ0v) is 11.9. The van der Waals surface area contributed by atoms with Crippen LogP contribution < -0.4 is 5.32 Å². The van der Waals surface area contributed by atoms with E-state index in [4.69, 9.17) is 6.42 Å². The number of nitrogens with one attached hydrogen (secondary N) is 1. The molecule has 0 aliphatic heterocycles. The number of aromatic nitrogens is 2. The first-order valence-electron chi connectivity index (χ1n) is 5.65. The zero-order chi connectivity index (χ0) is 13.8. The predicted molar refractivity (Wildman–Crippen MR) is 77.2 cm³/mol. The Morgan fingerprint density at radius 2 is 2.16 bits per heavy atom. The average Bonchev–Trinajstić information content (AvgIpc) is 2.79. The molecule has 4 nitrogen and oxygen atoms in total. The minimum atomic E-state index is -0.209. The Kier molecular flexibility index (Phi) is 4.03. The highest BCUT2D eigenvalue weighted by atomic mass is 79.9. The number of carbonyl (C=O) groups excluding carboxylic acids is 1. The fourth-order valence-electron chi connectivity index (χ4n) is 1.70. The van der Waals surface area contributed by atoms with Gasteiger partial charge in [0.25, 0.3) is 5.91 Å². The van der Waals surface area contributed by atoms with E-state index in [1.807, 2.05) is 31.2 Å². The van der Waals surface area contributed by atoms with Crippen LogP contribution in [-0.2, 0) is 0 Å². The lowest BCUT2D eigenvalue weighted by atomic mass is 10.2. The summed E-state index contributed by atoms with van der Waals surface area (Å²) in [6, 6.07) is 7.70. The van der Waals surface area contributed by atoms with Crippen molar-refractivity contribution < 1.29 is 4.79 Å². The monoisotopic (exact) mass is 317 g/mol. The van der Waals surface area contributed by atoms with Gasteiger partial charge in [0.15, 0.2) is 0 Å². The van der Waals surface area contributed by atoms with Gasteiger partial charge in [0, 0.05) is 4.47 Å². The van der Waals surface area contributed by atoms with Crippen molar-refractivity contribution in [1.82, 2.24) is 15.1 Å². The van der Waals surface area contributed by atoms with Crippen LogP contribution in [0.3, 0.4) is 0 Å². The van der Waals surface area contributed by atoms with Gasteiger partial charge in [-0.2, -0.15) is 5.10 Å². The number of rotatable bonds is 3. The molecule has 2 rings (SSSR count). The van der Waals surface area contributed by atoms with Crippen LogP contribution in [0.2, 0.25) is 0 Å². The van der Waals surface area contributed by atoms with E-state index in [9.17, 15) is 4.79 Å². The van der Waals surface area contributed by atoms with Crippen LogP contribution in [0, 0.1) is 19.3 Å². The minimum Gasteiger partial charge on any atom is -0.341 e. The van der Waals surface area contributed by atoms with E-state index in [1.165, 1.54) is 0 Å². The average molecular weight is 318 g/mol. The standard InChI is InChI=1S/C14H12BrN3O/c1-3-8-16-14(19)13-9-17-18(10(13)2)12-6-4-11(15)5-7-12/h1,4-7,9H,8H2,2H3,(H,16,19). The Morgan fingerprint density at radius 3 is 2.79 bits per heavy atom. The highest BCUT2D eigenvalue weighted by Crippen LogP contribution is 2.17. The second kappa shape index (κ2) is 5.72. The molecule has 1 amide bonds. The highest BCUT2D eigenvalue weighted by Gasteiger charge is 2.14. The maximum atomic E-state index is 11.9. The predicted octanol–water partition coefficient (Wildman–Crippen LogP) is 2.31. The second-order valence-corrected chi connectivity index (χ2v) is 4.83. The third-order valence-electron chi connectivity index (χ3n) is 2.68. The van der Waals surface area contributed by atoms with Crippen LogP contribution >= 0.6 is 15.9 Å². The molecule has 5 heteroatoms. The van der Waals surface area contributed by atoms with E-state index in [0.29, 0.717) is 5.56 Å². The molecule has 0 saturated carbocycles. The number of nitrogens with zero attached hydrogens (tertiary/aromatic N) is 2. The summed E-state index contributed by atoms with van der Waals surface area (Å²) >= 11 is 3.38. The third-order valence-corrected chi connectivity index (χ3v) is 3.21.